The molecule has 0 radical (unpaired) electrons. The van der Waals surface area contributed by atoms with Crippen LogP contribution < -0.4 is 5.32 Å². The van der Waals surface area contributed by atoms with E-state index >= 15 is 0 Å². The van der Waals surface area contributed by atoms with E-state index in [9.17, 15) is 4.79 Å². The first-order chi connectivity index (χ1) is 8.72. The fourth-order valence-corrected chi connectivity index (χ4v) is 1.43. The Morgan fingerprint density at radius 2 is 2.39 bits per heavy atom. The van der Waals surface area contributed by atoms with E-state index in [1.807, 2.05) is 0 Å². The summed E-state index contributed by atoms with van der Waals surface area (Å²) in [4.78, 5) is 19.8. The number of carbonyl (C=O) groups is 1. The van der Waals surface area contributed by atoms with Crippen LogP contribution >= 0.6 is 0 Å². The van der Waals surface area contributed by atoms with E-state index in [1.165, 1.54) is 4.52 Å². The SMILES string of the molecule is Cc1cc(NC(=O)c2nc3ncccn3n2)no1. The third-order valence-electron chi connectivity index (χ3n) is 2.19. The quantitative estimate of drug-likeness (QED) is 0.711. The summed E-state index contributed by atoms with van der Waals surface area (Å²) >= 11 is 0. The van der Waals surface area contributed by atoms with Crippen LogP contribution in [0.3, 0.4) is 0 Å². The number of aryl methyl sites for hydroxylation is 1. The van der Waals surface area contributed by atoms with Crippen LogP contribution in [0.15, 0.2) is 29.0 Å². The summed E-state index contributed by atoms with van der Waals surface area (Å²) in [5.74, 6) is 0.848. The number of anilines is 1. The molecule has 8 heteroatoms. The number of nitrogens with zero attached hydrogens (tertiary/aromatic N) is 5. The predicted molar refractivity (Wildman–Crippen MR) is 60.0 cm³/mol. The Morgan fingerprint density at radius 1 is 1.50 bits per heavy atom. The van der Waals surface area contributed by atoms with Crippen molar-refractivity contribution in [2.75, 3.05) is 5.32 Å². The van der Waals surface area contributed by atoms with E-state index in [0.29, 0.717) is 17.4 Å². The number of fused-ring (bicyclic) bond motifs is 1. The van der Waals surface area contributed by atoms with Gasteiger partial charge in [0.2, 0.25) is 5.82 Å². The largest absolute Gasteiger partial charge is 0.360 e. The first-order valence-corrected chi connectivity index (χ1v) is 5.14. The lowest BCUT2D eigenvalue weighted by atomic mass is 10.4. The van der Waals surface area contributed by atoms with Gasteiger partial charge in [0.25, 0.3) is 11.7 Å². The number of carbonyl (C=O) groups excluding carboxylic acids is 1. The molecular formula is C10H8N6O2. The molecule has 0 aliphatic heterocycles. The molecule has 0 aliphatic rings. The Kier molecular flexibility index (Phi) is 2.26. The molecule has 0 fully saturated rings. The highest BCUT2D eigenvalue weighted by molar-refractivity contribution is 6.01. The number of hydrogen-bond donors (Lipinski definition) is 1. The van der Waals surface area contributed by atoms with Gasteiger partial charge in [0.05, 0.1) is 0 Å². The molecule has 1 N–H and O–H groups in total. The van der Waals surface area contributed by atoms with E-state index < -0.39 is 5.91 Å². The average Bonchev–Trinajstić information content (AvgIpc) is 2.95. The van der Waals surface area contributed by atoms with Crippen LogP contribution in [0.4, 0.5) is 5.82 Å². The molecule has 0 aromatic carbocycles. The molecule has 1 amide bonds. The average molecular weight is 244 g/mol. The van der Waals surface area contributed by atoms with Crippen molar-refractivity contribution < 1.29 is 9.32 Å². The van der Waals surface area contributed by atoms with E-state index in [2.05, 4.69) is 25.5 Å². The van der Waals surface area contributed by atoms with Gasteiger partial charge in [-0.3, -0.25) is 4.79 Å². The zero-order valence-corrected chi connectivity index (χ0v) is 9.36. The molecule has 3 rings (SSSR count). The fraction of sp³-hybridized carbons (Fsp3) is 0.100. The van der Waals surface area contributed by atoms with Crippen molar-refractivity contribution in [1.29, 1.82) is 0 Å². The zero-order valence-electron chi connectivity index (χ0n) is 9.36. The van der Waals surface area contributed by atoms with Crippen molar-refractivity contribution in [2.45, 2.75) is 6.92 Å². The Morgan fingerprint density at radius 3 is 3.11 bits per heavy atom. The summed E-state index contributed by atoms with van der Waals surface area (Å²) in [6.07, 6.45) is 3.24. The van der Waals surface area contributed by atoms with Gasteiger partial charge in [0, 0.05) is 18.5 Å². The molecule has 3 aromatic rings. The lowest BCUT2D eigenvalue weighted by molar-refractivity contribution is 0.101. The fourth-order valence-electron chi connectivity index (χ4n) is 1.43. The van der Waals surface area contributed by atoms with Crippen LogP contribution in [0.25, 0.3) is 5.78 Å². The second kappa shape index (κ2) is 3.91. The standard InChI is InChI=1S/C10H8N6O2/c1-6-5-7(15-18-6)12-9(17)8-13-10-11-3-2-4-16(10)14-8/h2-5H,1H3,(H,12,15,17). The second-order valence-corrected chi connectivity index (χ2v) is 3.58. The van der Waals surface area contributed by atoms with Gasteiger partial charge in [-0.1, -0.05) is 5.16 Å². The third-order valence-corrected chi connectivity index (χ3v) is 2.19. The first kappa shape index (κ1) is 10.4. The van der Waals surface area contributed by atoms with Crippen molar-refractivity contribution in [3.8, 4) is 0 Å². The maximum absolute atomic E-state index is 11.8. The molecule has 0 spiro atoms. The van der Waals surface area contributed by atoms with E-state index in [4.69, 9.17) is 4.52 Å². The highest BCUT2D eigenvalue weighted by Crippen LogP contribution is 2.08. The maximum atomic E-state index is 11.8. The zero-order chi connectivity index (χ0) is 12.5. The van der Waals surface area contributed by atoms with Crippen molar-refractivity contribution in [3.05, 3.63) is 36.1 Å². The molecule has 0 atom stereocenters. The summed E-state index contributed by atoms with van der Waals surface area (Å²) in [5.41, 5.74) is 0. The Labute approximate surface area is 101 Å². The van der Waals surface area contributed by atoms with Crippen molar-refractivity contribution >= 4 is 17.5 Å². The highest BCUT2D eigenvalue weighted by Gasteiger charge is 2.14. The Hall–Kier alpha value is -2.77. The molecular weight excluding hydrogens is 236 g/mol. The van der Waals surface area contributed by atoms with Crippen molar-refractivity contribution in [1.82, 2.24) is 24.7 Å². The number of nitrogens with one attached hydrogen (secondary N) is 1. The monoisotopic (exact) mass is 244 g/mol. The summed E-state index contributed by atoms with van der Waals surface area (Å²) in [6, 6.07) is 3.30. The summed E-state index contributed by atoms with van der Waals surface area (Å²) in [6.45, 7) is 1.73. The summed E-state index contributed by atoms with van der Waals surface area (Å²) in [7, 11) is 0. The van der Waals surface area contributed by atoms with E-state index in [-0.39, 0.29) is 5.82 Å². The van der Waals surface area contributed by atoms with Gasteiger partial charge in [-0.15, -0.1) is 5.10 Å². The number of hydrogen-bond acceptors (Lipinski definition) is 6. The van der Waals surface area contributed by atoms with E-state index in [1.54, 1.807) is 31.5 Å². The van der Waals surface area contributed by atoms with Crippen molar-refractivity contribution in [2.24, 2.45) is 0 Å². The maximum Gasteiger partial charge on any atom is 0.296 e. The first-order valence-electron chi connectivity index (χ1n) is 5.14. The number of rotatable bonds is 2. The van der Waals surface area contributed by atoms with Crippen molar-refractivity contribution in [3.63, 3.8) is 0 Å². The van der Waals surface area contributed by atoms with Gasteiger partial charge in [-0.2, -0.15) is 4.98 Å². The highest BCUT2D eigenvalue weighted by atomic mass is 16.5. The molecule has 8 nitrogen and oxygen atoms in total. The third kappa shape index (κ3) is 1.79. The van der Waals surface area contributed by atoms with Gasteiger partial charge >= 0.3 is 0 Å². The van der Waals surface area contributed by atoms with Crippen LogP contribution in [0.2, 0.25) is 0 Å². The molecule has 0 saturated heterocycles. The Bertz CT molecular complexity index is 683. The molecule has 0 bridgehead atoms. The summed E-state index contributed by atoms with van der Waals surface area (Å²) < 4.78 is 6.26. The lowest BCUT2D eigenvalue weighted by Crippen LogP contribution is -2.14. The van der Waals surface area contributed by atoms with Gasteiger partial charge in [-0.05, 0) is 13.0 Å². The Balaban J connectivity index is 1.87. The molecule has 90 valence electrons. The minimum absolute atomic E-state index is 0.0225. The van der Waals surface area contributed by atoms with E-state index in [0.717, 1.165) is 0 Å². The lowest BCUT2D eigenvalue weighted by Gasteiger charge is -1.94. The topological polar surface area (TPSA) is 98.2 Å². The smallest absolute Gasteiger partial charge is 0.296 e. The van der Waals surface area contributed by atoms with Gasteiger partial charge in [0.1, 0.15) is 5.76 Å². The van der Waals surface area contributed by atoms with Crippen LogP contribution in [-0.4, -0.2) is 30.6 Å². The minimum atomic E-state index is -0.464. The van der Waals surface area contributed by atoms with Crippen LogP contribution in [0.5, 0.6) is 0 Å². The molecule has 3 heterocycles. The summed E-state index contributed by atoms with van der Waals surface area (Å²) in [5, 5.41) is 10.2. The van der Waals surface area contributed by atoms with Crippen LogP contribution in [-0.2, 0) is 0 Å². The van der Waals surface area contributed by atoms with Crippen LogP contribution in [0, 0.1) is 6.92 Å². The predicted octanol–water partition coefficient (Wildman–Crippen LogP) is 0.673. The molecule has 18 heavy (non-hydrogen) atoms. The number of aromatic nitrogens is 5. The van der Waals surface area contributed by atoms with Gasteiger partial charge in [-0.25, -0.2) is 9.50 Å². The molecule has 0 aliphatic carbocycles. The van der Waals surface area contributed by atoms with Gasteiger partial charge in [0.15, 0.2) is 5.82 Å². The second-order valence-electron chi connectivity index (χ2n) is 3.58. The number of amides is 1. The van der Waals surface area contributed by atoms with Crippen LogP contribution in [0.1, 0.15) is 16.4 Å². The molecule has 3 aromatic heterocycles. The normalized spacial score (nSPS) is 10.7. The molecule has 0 unspecified atom stereocenters. The molecule has 0 saturated carbocycles. The van der Waals surface area contributed by atoms with Gasteiger partial charge < -0.3 is 9.84 Å². The minimum Gasteiger partial charge on any atom is -0.360 e.